The summed E-state index contributed by atoms with van der Waals surface area (Å²) in [5, 5.41) is 8.61. The van der Waals surface area contributed by atoms with Gasteiger partial charge in [-0.05, 0) is 61.8 Å². The quantitative estimate of drug-likeness (QED) is 0.180. The summed E-state index contributed by atoms with van der Waals surface area (Å²) in [4.78, 5) is 18.8. The molecule has 0 amide bonds. The second-order valence-corrected chi connectivity index (χ2v) is 9.90. The van der Waals surface area contributed by atoms with Crippen molar-refractivity contribution in [1.29, 1.82) is 5.41 Å². The predicted octanol–water partition coefficient (Wildman–Crippen LogP) is 5.55. The van der Waals surface area contributed by atoms with Crippen molar-refractivity contribution in [2.24, 2.45) is 17.6 Å². The number of hydrogen-bond acceptors (Lipinski definition) is 6. The molecule has 0 radical (unpaired) electrons. The average Bonchev–Trinajstić information content (AvgIpc) is 3.27. The number of nitrogen functional groups attached to an aromatic ring is 1. The fourth-order valence-corrected chi connectivity index (χ4v) is 5.34. The van der Waals surface area contributed by atoms with Crippen molar-refractivity contribution in [3.63, 3.8) is 0 Å². The Labute approximate surface area is 221 Å². The number of imidazole rings is 1. The molecule has 37 heavy (non-hydrogen) atoms. The lowest BCUT2D eigenvalue weighted by atomic mass is 9.82. The number of hydrogen-bond donors (Lipinski definition) is 2. The minimum atomic E-state index is -0.507. The fourth-order valence-electron chi connectivity index (χ4n) is 5.15. The van der Waals surface area contributed by atoms with Crippen molar-refractivity contribution < 1.29 is 4.74 Å². The van der Waals surface area contributed by atoms with Gasteiger partial charge in [0.25, 0.3) is 0 Å². The zero-order valence-electron chi connectivity index (χ0n) is 20.8. The summed E-state index contributed by atoms with van der Waals surface area (Å²) in [6, 6.07) is 13.2. The molecule has 5 rings (SSSR count). The Morgan fingerprint density at radius 2 is 2.00 bits per heavy atom. The molecule has 9 heteroatoms. The van der Waals surface area contributed by atoms with Crippen LogP contribution in [0.3, 0.4) is 0 Å². The highest BCUT2D eigenvalue weighted by Crippen LogP contribution is 2.36. The first-order valence-corrected chi connectivity index (χ1v) is 12.8. The third-order valence-electron chi connectivity index (χ3n) is 7.06. The Morgan fingerprint density at radius 1 is 1.19 bits per heavy atom. The maximum absolute atomic E-state index is 8.02. The number of nitrogens with one attached hydrogen (secondary N) is 1. The van der Waals surface area contributed by atoms with E-state index in [0.29, 0.717) is 34.0 Å². The molecule has 190 valence electrons. The van der Waals surface area contributed by atoms with Crippen LogP contribution in [-0.2, 0) is 11.3 Å². The van der Waals surface area contributed by atoms with Crippen LogP contribution in [0.15, 0.2) is 61.3 Å². The van der Waals surface area contributed by atoms with Gasteiger partial charge in [0, 0.05) is 30.4 Å². The minimum absolute atomic E-state index is 0.122. The second kappa shape index (κ2) is 10.8. The number of methoxy groups -OCH3 is 1. The first-order valence-electron chi connectivity index (χ1n) is 12.4. The Hall–Kier alpha value is -3.62. The molecular formula is C28H30ClN7O. The van der Waals surface area contributed by atoms with Crippen molar-refractivity contribution >= 4 is 28.6 Å². The zero-order chi connectivity index (χ0) is 25.9. The lowest BCUT2D eigenvalue weighted by Crippen LogP contribution is -2.21. The number of amidine groups is 1. The summed E-state index contributed by atoms with van der Waals surface area (Å²) in [7, 11) is 1.66. The molecular weight excluding hydrogens is 486 g/mol. The third kappa shape index (κ3) is 5.12. The number of nitrogens with zero attached hydrogens (tertiary/aromatic N) is 5. The Balaban J connectivity index is 1.73. The Morgan fingerprint density at radius 3 is 2.65 bits per heavy atom. The minimum Gasteiger partial charge on any atom is -0.381 e. The fraction of sp³-hybridized carbons (Fsp3) is 0.321. The van der Waals surface area contributed by atoms with Crippen molar-refractivity contribution in [2.75, 3.05) is 7.11 Å². The van der Waals surface area contributed by atoms with E-state index in [4.69, 9.17) is 37.4 Å². The van der Waals surface area contributed by atoms with E-state index in [9.17, 15) is 0 Å². The first-order chi connectivity index (χ1) is 18.0. The van der Waals surface area contributed by atoms with Crippen molar-refractivity contribution in [3.05, 3.63) is 83.7 Å². The molecule has 3 aromatic heterocycles. The molecule has 1 aromatic carbocycles. The molecule has 0 spiro atoms. The van der Waals surface area contributed by atoms with Crippen molar-refractivity contribution in [3.8, 4) is 11.3 Å². The van der Waals surface area contributed by atoms with E-state index in [-0.39, 0.29) is 11.7 Å². The molecule has 4 aromatic rings. The standard InChI is InChI=1S/C28H30ClN7O/c1-3-17-10-12-18(13-11-17)16-36-23-22(19-7-6-8-20(29)15-19)33-27(25(30)31)34-26(23)35-28(36)24(37-2)21-9-4-5-14-32-21/h3-9,14-15,17-18,24H,1,10-13,16H2,2H3,(H3,30,31). The lowest BCUT2D eigenvalue weighted by molar-refractivity contribution is 0.121. The number of pyridine rings is 1. The van der Waals surface area contributed by atoms with Crippen LogP contribution < -0.4 is 5.73 Å². The average molecular weight is 516 g/mol. The molecule has 1 atom stereocenters. The number of benzene rings is 1. The molecule has 1 fully saturated rings. The van der Waals surface area contributed by atoms with Crippen LogP contribution >= 0.6 is 11.6 Å². The van der Waals surface area contributed by atoms with Gasteiger partial charge in [-0.1, -0.05) is 35.9 Å². The van der Waals surface area contributed by atoms with Crippen LogP contribution in [-0.4, -0.2) is 37.4 Å². The van der Waals surface area contributed by atoms with Crippen LogP contribution in [0.4, 0.5) is 0 Å². The van der Waals surface area contributed by atoms with Crippen LogP contribution in [0.25, 0.3) is 22.4 Å². The largest absolute Gasteiger partial charge is 0.381 e. The molecule has 0 aliphatic heterocycles. The van der Waals surface area contributed by atoms with Crippen LogP contribution in [0, 0.1) is 17.2 Å². The first kappa shape index (κ1) is 25.0. The number of allylic oxidation sites excluding steroid dienone is 1. The van der Waals surface area contributed by atoms with E-state index in [1.807, 2.05) is 42.5 Å². The van der Waals surface area contributed by atoms with Crippen LogP contribution in [0.2, 0.25) is 5.02 Å². The van der Waals surface area contributed by atoms with Gasteiger partial charge in [-0.25, -0.2) is 15.0 Å². The summed E-state index contributed by atoms with van der Waals surface area (Å²) < 4.78 is 8.14. The predicted molar refractivity (Wildman–Crippen MR) is 146 cm³/mol. The van der Waals surface area contributed by atoms with E-state index in [1.165, 1.54) is 0 Å². The van der Waals surface area contributed by atoms with Gasteiger partial charge in [0.2, 0.25) is 0 Å². The summed E-state index contributed by atoms with van der Waals surface area (Å²) in [6.45, 7) is 4.72. The van der Waals surface area contributed by atoms with Gasteiger partial charge >= 0.3 is 0 Å². The van der Waals surface area contributed by atoms with Gasteiger partial charge in [0.1, 0.15) is 17.0 Å². The number of ether oxygens (including phenoxy) is 1. The smallest absolute Gasteiger partial charge is 0.197 e. The Bertz CT molecular complexity index is 1430. The van der Waals surface area contributed by atoms with Crippen LogP contribution in [0.5, 0.6) is 0 Å². The van der Waals surface area contributed by atoms with Gasteiger partial charge in [-0.2, -0.15) is 0 Å². The highest BCUT2D eigenvalue weighted by atomic mass is 35.5. The molecule has 0 saturated heterocycles. The van der Waals surface area contributed by atoms with E-state index < -0.39 is 6.10 Å². The summed E-state index contributed by atoms with van der Waals surface area (Å²) >= 11 is 6.36. The highest BCUT2D eigenvalue weighted by molar-refractivity contribution is 6.30. The van der Waals surface area contributed by atoms with E-state index in [1.54, 1.807) is 13.3 Å². The van der Waals surface area contributed by atoms with Gasteiger partial charge in [-0.15, -0.1) is 6.58 Å². The maximum atomic E-state index is 8.02. The summed E-state index contributed by atoms with van der Waals surface area (Å²) in [5.41, 5.74) is 9.25. The van der Waals surface area contributed by atoms with Gasteiger partial charge in [-0.3, -0.25) is 10.4 Å². The number of aromatic nitrogens is 5. The normalized spacial score (nSPS) is 18.5. The van der Waals surface area contributed by atoms with Gasteiger partial charge in [0.15, 0.2) is 23.4 Å². The third-order valence-corrected chi connectivity index (χ3v) is 7.30. The number of rotatable bonds is 8. The monoisotopic (exact) mass is 515 g/mol. The van der Waals surface area contributed by atoms with Crippen LogP contribution in [0.1, 0.15) is 49.1 Å². The topological polar surface area (TPSA) is 116 Å². The molecule has 3 heterocycles. The molecule has 1 aliphatic rings. The van der Waals surface area contributed by atoms with Crippen molar-refractivity contribution in [1.82, 2.24) is 24.5 Å². The molecule has 3 N–H and O–H groups in total. The molecule has 1 unspecified atom stereocenters. The van der Waals surface area contributed by atoms with E-state index >= 15 is 0 Å². The SMILES string of the molecule is C=CC1CCC(Cn2c(C(OC)c3ccccn3)nc3nc(C(=N)N)nc(-c4cccc(Cl)c4)c32)CC1. The molecule has 1 aliphatic carbocycles. The maximum Gasteiger partial charge on any atom is 0.197 e. The van der Waals surface area contributed by atoms with Gasteiger partial charge in [0.05, 0.1) is 5.69 Å². The summed E-state index contributed by atoms with van der Waals surface area (Å²) in [6.07, 6.45) is 7.74. The lowest BCUT2D eigenvalue weighted by Gasteiger charge is -2.28. The molecule has 8 nitrogen and oxygen atoms in total. The number of fused-ring (bicyclic) bond motifs is 1. The Kier molecular flexibility index (Phi) is 7.30. The molecule has 0 bridgehead atoms. The molecule has 1 saturated carbocycles. The van der Waals surface area contributed by atoms with Crippen molar-refractivity contribution in [2.45, 2.75) is 38.3 Å². The second-order valence-electron chi connectivity index (χ2n) is 9.46. The van der Waals surface area contributed by atoms with Gasteiger partial charge < -0.3 is 15.0 Å². The highest BCUT2D eigenvalue weighted by Gasteiger charge is 2.29. The zero-order valence-corrected chi connectivity index (χ0v) is 21.5. The summed E-state index contributed by atoms with van der Waals surface area (Å²) in [5.74, 6) is 1.61. The van der Waals surface area contributed by atoms with E-state index in [0.717, 1.165) is 49.0 Å². The number of nitrogens with two attached hydrogens (primary N) is 1. The van der Waals surface area contributed by atoms with E-state index in [2.05, 4.69) is 27.2 Å². The number of halogens is 1.